The van der Waals surface area contributed by atoms with Gasteiger partial charge < -0.3 is 11.1 Å². The number of benzene rings is 1. The third-order valence-electron chi connectivity index (χ3n) is 2.76. The maximum atomic E-state index is 5.83. The molecule has 0 bridgehead atoms. The fourth-order valence-corrected chi connectivity index (χ4v) is 1.22. The molecule has 0 heterocycles. The van der Waals surface area contributed by atoms with Crippen LogP contribution in [0, 0.1) is 12.8 Å². The summed E-state index contributed by atoms with van der Waals surface area (Å²) in [6, 6.07) is 6.46. The number of hydrogen-bond donors (Lipinski definition) is 2. The van der Waals surface area contributed by atoms with Gasteiger partial charge >= 0.3 is 0 Å². The molecule has 3 N–H and O–H groups in total. The first-order valence-electron chi connectivity index (χ1n) is 5.14. The van der Waals surface area contributed by atoms with Gasteiger partial charge in [-0.15, -0.1) is 0 Å². The van der Waals surface area contributed by atoms with Gasteiger partial charge in [0, 0.05) is 17.4 Å². The lowest BCUT2D eigenvalue weighted by atomic mass is 10.0. The minimum atomic E-state index is 0.468. The van der Waals surface area contributed by atoms with Crippen molar-refractivity contribution in [1.29, 1.82) is 0 Å². The Morgan fingerprint density at radius 1 is 1.21 bits per heavy atom. The highest BCUT2D eigenvalue weighted by Gasteiger charge is 2.08. The van der Waals surface area contributed by atoms with Gasteiger partial charge in [-0.1, -0.05) is 19.9 Å². The summed E-state index contributed by atoms with van der Waals surface area (Å²) in [7, 11) is 0. The normalized spacial score (nSPS) is 12.9. The van der Waals surface area contributed by atoms with Crippen molar-refractivity contribution >= 4 is 11.4 Å². The molecular weight excluding hydrogens is 172 g/mol. The fraction of sp³-hybridized carbons (Fsp3) is 0.500. The fourth-order valence-electron chi connectivity index (χ4n) is 1.22. The van der Waals surface area contributed by atoms with Crippen LogP contribution in [-0.4, -0.2) is 6.04 Å². The number of anilines is 2. The smallest absolute Gasteiger partial charge is 0.0392 e. The Labute approximate surface area is 86.5 Å². The first-order valence-corrected chi connectivity index (χ1v) is 5.14. The molecule has 2 heteroatoms. The van der Waals surface area contributed by atoms with E-state index in [2.05, 4.69) is 32.2 Å². The molecule has 0 aromatic heterocycles. The highest BCUT2D eigenvalue weighted by Crippen LogP contribution is 2.22. The van der Waals surface area contributed by atoms with E-state index in [9.17, 15) is 0 Å². The standard InChI is InChI=1S/C12H20N2/c1-8(2)10(4)14-12-7-5-6-11(13)9(12)3/h5-8,10,14H,13H2,1-4H3. The average molecular weight is 192 g/mol. The zero-order chi connectivity index (χ0) is 10.7. The van der Waals surface area contributed by atoms with E-state index in [-0.39, 0.29) is 0 Å². The Kier molecular flexibility index (Phi) is 3.39. The molecule has 2 nitrogen and oxygen atoms in total. The van der Waals surface area contributed by atoms with Crippen molar-refractivity contribution in [3.63, 3.8) is 0 Å². The van der Waals surface area contributed by atoms with Crippen molar-refractivity contribution in [3.05, 3.63) is 23.8 Å². The average Bonchev–Trinajstić information content (AvgIpc) is 2.12. The summed E-state index contributed by atoms with van der Waals surface area (Å²) < 4.78 is 0. The van der Waals surface area contributed by atoms with Crippen molar-refractivity contribution in [2.75, 3.05) is 11.1 Å². The summed E-state index contributed by atoms with van der Waals surface area (Å²) in [5, 5.41) is 3.47. The van der Waals surface area contributed by atoms with E-state index in [1.54, 1.807) is 0 Å². The van der Waals surface area contributed by atoms with Crippen LogP contribution in [0.2, 0.25) is 0 Å². The lowest BCUT2D eigenvalue weighted by Crippen LogP contribution is -2.22. The zero-order valence-electron chi connectivity index (χ0n) is 9.46. The van der Waals surface area contributed by atoms with Gasteiger partial charge in [0.2, 0.25) is 0 Å². The highest BCUT2D eigenvalue weighted by atomic mass is 14.9. The molecule has 1 unspecified atom stereocenters. The van der Waals surface area contributed by atoms with E-state index in [1.807, 2.05) is 19.1 Å². The van der Waals surface area contributed by atoms with Crippen LogP contribution in [-0.2, 0) is 0 Å². The van der Waals surface area contributed by atoms with Crippen LogP contribution >= 0.6 is 0 Å². The van der Waals surface area contributed by atoms with E-state index in [4.69, 9.17) is 5.73 Å². The van der Waals surface area contributed by atoms with Gasteiger partial charge in [-0.3, -0.25) is 0 Å². The summed E-state index contributed by atoms with van der Waals surface area (Å²) in [6.45, 7) is 8.65. The lowest BCUT2D eigenvalue weighted by molar-refractivity contribution is 0.560. The van der Waals surface area contributed by atoms with Gasteiger partial charge in [-0.25, -0.2) is 0 Å². The second-order valence-electron chi connectivity index (χ2n) is 4.20. The van der Waals surface area contributed by atoms with E-state index >= 15 is 0 Å². The summed E-state index contributed by atoms with van der Waals surface area (Å²) in [5.74, 6) is 0.621. The Morgan fingerprint density at radius 2 is 1.86 bits per heavy atom. The molecule has 0 saturated heterocycles. The maximum Gasteiger partial charge on any atom is 0.0392 e. The molecule has 0 radical (unpaired) electrons. The summed E-state index contributed by atoms with van der Waals surface area (Å²) in [5.41, 5.74) is 8.97. The van der Waals surface area contributed by atoms with Crippen molar-refractivity contribution < 1.29 is 0 Å². The maximum absolute atomic E-state index is 5.83. The molecule has 0 aliphatic carbocycles. The molecule has 14 heavy (non-hydrogen) atoms. The number of hydrogen-bond acceptors (Lipinski definition) is 2. The molecule has 1 aromatic carbocycles. The third-order valence-corrected chi connectivity index (χ3v) is 2.76. The largest absolute Gasteiger partial charge is 0.398 e. The molecule has 1 rings (SSSR count). The molecule has 0 spiro atoms. The topological polar surface area (TPSA) is 38.0 Å². The van der Waals surface area contributed by atoms with Crippen molar-refractivity contribution in [3.8, 4) is 0 Å². The minimum absolute atomic E-state index is 0.468. The summed E-state index contributed by atoms with van der Waals surface area (Å²) >= 11 is 0. The Hall–Kier alpha value is -1.18. The Morgan fingerprint density at radius 3 is 2.43 bits per heavy atom. The molecule has 1 atom stereocenters. The van der Waals surface area contributed by atoms with Crippen LogP contribution in [0.5, 0.6) is 0 Å². The number of nitrogens with one attached hydrogen (secondary N) is 1. The zero-order valence-corrected chi connectivity index (χ0v) is 9.46. The van der Waals surface area contributed by atoms with Gasteiger partial charge in [0.1, 0.15) is 0 Å². The quantitative estimate of drug-likeness (QED) is 0.722. The van der Waals surface area contributed by atoms with Crippen LogP contribution in [0.25, 0.3) is 0 Å². The Bertz CT molecular complexity index is 305. The molecule has 0 saturated carbocycles. The van der Waals surface area contributed by atoms with Gasteiger partial charge in [0.25, 0.3) is 0 Å². The van der Waals surface area contributed by atoms with Gasteiger partial charge in [-0.05, 0) is 37.5 Å². The molecule has 0 fully saturated rings. The van der Waals surface area contributed by atoms with Crippen LogP contribution < -0.4 is 11.1 Å². The minimum Gasteiger partial charge on any atom is -0.398 e. The monoisotopic (exact) mass is 192 g/mol. The highest BCUT2D eigenvalue weighted by molar-refractivity contribution is 5.63. The van der Waals surface area contributed by atoms with Crippen molar-refractivity contribution in [2.45, 2.75) is 33.7 Å². The van der Waals surface area contributed by atoms with E-state index < -0.39 is 0 Å². The van der Waals surface area contributed by atoms with Crippen LogP contribution in [0.3, 0.4) is 0 Å². The first kappa shape index (κ1) is 10.9. The molecule has 78 valence electrons. The molecule has 0 amide bonds. The Balaban J connectivity index is 2.82. The van der Waals surface area contributed by atoms with Gasteiger partial charge in [0.15, 0.2) is 0 Å². The van der Waals surface area contributed by atoms with Gasteiger partial charge in [0.05, 0.1) is 0 Å². The summed E-state index contributed by atoms with van der Waals surface area (Å²) in [4.78, 5) is 0. The summed E-state index contributed by atoms with van der Waals surface area (Å²) in [6.07, 6.45) is 0. The predicted molar refractivity (Wildman–Crippen MR) is 63.5 cm³/mol. The van der Waals surface area contributed by atoms with Crippen LogP contribution in [0.1, 0.15) is 26.3 Å². The molecular formula is C12H20N2. The second-order valence-corrected chi connectivity index (χ2v) is 4.20. The van der Waals surface area contributed by atoms with E-state index in [0.29, 0.717) is 12.0 Å². The molecule has 0 aliphatic rings. The predicted octanol–water partition coefficient (Wildman–Crippen LogP) is 3.03. The second kappa shape index (κ2) is 4.36. The number of rotatable bonds is 3. The number of nitrogen functional groups attached to an aromatic ring is 1. The number of nitrogens with two attached hydrogens (primary N) is 1. The third kappa shape index (κ3) is 2.41. The first-order chi connectivity index (χ1) is 6.52. The van der Waals surface area contributed by atoms with Crippen molar-refractivity contribution in [1.82, 2.24) is 0 Å². The van der Waals surface area contributed by atoms with E-state index in [0.717, 1.165) is 16.9 Å². The molecule has 1 aromatic rings. The lowest BCUT2D eigenvalue weighted by Gasteiger charge is -2.20. The van der Waals surface area contributed by atoms with Crippen molar-refractivity contribution in [2.24, 2.45) is 5.92 Å². The SMILES string of the molecule is Cc1c(N)cccc1NC(C)C(C)C. The molecule has 0 aliphatic heterocycles. The van der Waals surface area contributed by atoms with Crippen LogP contribution in [0.15, 0.2) is 18.2 Å². The van der Waals surface area contributed by atoms with Gasteiger partial charge in [-0.2, -0.15) is 0 Å². The van der Waals surface area contributed by atoms with Crippen LogP contribution in [0.4, 0.5) is 11.4 Å². The van der Waals surface area contributed by atoms with E-state index in [1.165, 1.54) is 0 Å².